The van der Waals surface area contributed by atoms with Gasteiger partial charge in [-0.1, -0.05) is 17.7 Å². The van der Waals surface area contributed by atoms with Crippen LogP contribution in [0.3, 0.4) is 0 Å². The highest BCUT2D eigenvalue weighted by Gasteiger charge is 2.03. The number of aromatic nitrogens is 3. The predicted octanol–water partition coefficient (Wildman–Crippen LogP) is 3.90. The maximum absolute atomic E-state index is 6.04. The van der Waals surface area contributed by atoms with Gasteiger partial charge in [-0.3, -0.25) is 0 Å². The normalized spacial score (nSPS) is 11.0. The summed E-state index contributed by atoms with van der Waals surface area (Å²) in [6.45, 7) is 3.91. The van der Waals surface area contributed by atoms with Gasteiger partial charge in [-0.15, -0.1) is 0 Å². The van der Waals surface area contributed by atoms with E-state index >= 15 is 0 Å². The molecule has 0 aliphatic heterocycles. The Morgan fingerprint density at radius 1 is 1.29 bits per heavy atom. The van der Waals surface area contributed by atoms with Crippen LogP contribution in [0.15, 0.2) is 43.0 Å². The zero-order chi connectivity index (χ0) is 14.7. The summed E-state index contributed by atoms with van der Waals surface area (Å²) in [6.07, 6.45) is 6.62. The number of nitrogens with zero attached hydrogens (tertiary/aromatic N) is 3. The Bertz CT molecular complexity index is 737. The summed E-state index contributed by atoms with van der Waals surface area (Å²) >= 11 is 6.04. The molecule has 21 heavy (non-hydrogen) atoms. The van der Waals surface area contributed by atoms with Crippen LogP contribution in [0.25, 0.3) is 10.9 Å². The fraction of sp³-hybridized carbons (Fsp3) is 0.250. The molecule has 0 aliphatic carbocycles. The lowest BCUT2D eigenvalue weighted by molar-refractivity contribution is 0.660. The largest absolute Gasteiger partial charge is 0.370 e. The third-order valence-electron chi connectivity index (χ3n) is 3.44. The number of nitrogens with one attached hydrogen (secondary N) is 1. The first-order valence-corrected chi connectivity index (χ1v) is 7.37. The summed E-state index contributed by atoms with van der Waals surface area (Å²) in [5.74, 6) is 0.896. The van der Waals surface area contributed by atoms with Crippen molar-refractivity contribution in [2.75, 3.05) is 11.9 Å². The van der Waals surface area contributed by atoms with E-state index in [2.05, 4.69) is 32.8 Å². The Hall–Kier alpha value is -2.07. The first kappa shape index (κ1) is 13.9. The van der Waals surface area contributed by atoms with Crippen LogP contribution in [-0.4, -0.2) is 21.1 Å². The molecule has 3 aromatic rings. The van der Waals surface area contributed by atoms with Gasteiger partial charge >= 0.3 is 0 Å². The minimum atomic E-state index is 0.714. The third-order valence-corrected chi connectivity index (χ3v) is 3.67. The number of pyridine rings is 1. The molecule has 2 aromatic heterocycles. The Labute approximate surface area is 128 Å². The van der Waals surface area contributed by atoms with Crippen LogP contribution in [0.4, 0.5) is 5.82 Å². The molecule has 0 saturated heterocycles. The molecule has 0 saturated carbocycles. The number of benzene rings is 1. The van der Waals surface area contributed by atoms with Gasteiger partial charge in [0.25, 0.3) is 0 Å². The van der Waals surface area contributed by atoms with Crippen molar-refractivity contribution in [2.24, 2.45) is 0 Å². The summed E-state index contributed by atoms with van der Waals surface area (Å²) < 4.78 is 2.07. The predicted molar refractivity (Wildman–Crippen MR) is 86.8 cm³/mol. The lowest BCUT2D eigenvalue weighted by Gasteiger charge is -2.09. The topological polar surface area (TPSA) is 42.7 Å². The molecule has 4 nitrogen and oxygen atoms in total. The molecule has 0 fully saturated rings. The van der Waals surface area contributed by atoms with Crippen LogP contribution in [0.5, 0.6) is 0 Å². The number of aryl methyl sites for hydroxylation is 2. The molecule has 1 aromatic carbocycles. The standard InChI is InChI=1S/C16H17ClN4/c1-12-9-16(19-5-2-7-21-8-6-18-11-21)20-15-10-13(17)3-4-14(12)15/h3-4,6,8-11H,2,5,7H2,1H3,(H,19,20). The molecule has 5 heteroatoms. The molecule has 0 unspecified atom stereocenters. The van der Waals surface area contributed by atoms with Crippen LogP contribution in [0, 0.1) is 6.92 Å². The highest BCUT2D eigenvalue weighted by molar-refractivity contribution is 6.31. The third kappa shape index (κ3) is 3.34. The maximum atomic E-state index is 6.04. The zero-order valence-corrected chi connectivity index (χ0v) is 12.6. The molecule has 2 heterocycles. The van der Waals surface area contributed by atoms with E-state index in [9.17, 15) is 0 Å². The monoisotopic (exact) mass is 300 g/mol. The molecule has 0 radical (unpaired) electrons. The van der Waals surface area contributed by atoms with Gasteiger partial charge in [-0.25, -0.2) is 9.97 Å². The summed E-state index contributed by atoms with van der Waals surface area (Å²) in [7, 11) is 0. The lowest BCUT2D eigenvalue weighted by atomic mass is 10.1. The van der Waals surface area contributed by atoms with Crippen molar-refractivity contribution in [3.63, 3.8) is 0 Å². The minimum absolute atomic E-state index is 0.714. The average molecular weight is 301 g/mol. The van der Waals surface area contributed by atoms with E-state index in [-0.39, 0.29) is 0 Å². The van der Waals surface area contributed by atoms with Gasteiger partial charge in [0, 0.05) is 35.9 Å². The molecular formula is C16H17ClN4. The van der Waals surface area contributed by atoms with Crippen molar-refractivity contribution in [3.8, 4) is 0 Å². The Morgan fingerprint density at radius 3 is 3.00 bits per heavy atom. The van der Waals surface area contributed by atoms with Crippen molar-refractivity contribution in [2.45, 2.75) is 19.9 Å². The van der Waals surface area contributed by atoms with Gasteiger partial charge in [0.2, 0.25) is 0 Å². The Kier molecular flexibility index (Phi) is 4.06. The molecule has 0 bridgehead atoms. The summed E-state index contributed by atoms with van der Waals surface area (Å²) in [5, 5.41) is 5.23. The van der Waals surface area contributed by atoms with E-state index in [1.807, 2.05) is 30.7 Å². The highest BCUT2D eigenvalue weighted by atomic mass is 35.5. The number of imidazole rings is 1. The number of hydrogen-bond acceptors (Lipinski definition) is 3. The molecule has 0 atom stereocenters. The quantitative estimate of drug-likeness (QED) is 0.727. The van der Waals surface area contributed by atoms with E-state index in [1.165, 1.54) is 5.56 Å². The van der Waals surface area contributed by atoms with Crippen LogP contribution < -0.4 is 5.32 Å². The number of hydrogen-bond donors (Lipinski definition) is 1. The summed E-state index contributed by atoms with van der Waals surface area (Å²) in [5.41, 5.74) is 2.13. The van der Waals surface area contributed by atoms with Gasteiger partial charge in [-0.05, 0) is 37.1 Å². The second-order valence-electron chi connectivity index (χ2n) is 5.07. The van der Waals surface area contributed by atoms with Crippen molar-refractivity contribution in [3.05, 3.63) is 53.6 Å². The second-order valence-corrected chi connectivity index (χ2v) is 5.50. The van der Waals surface area contributed by atoms with Gasteiger partial charge in [0.1, 0.15) is 5.82 Å². The smallest absolute Gasteiger partial charge is 0.126 e. The average Bonchev–Trinajstić information content (AvgIpc) is 2.96. The van der Waals surface area contributed by atoms with E-state index < -0.39 is 0 Å². The molecular weight excluding hydrogens is 284 g/mol. The fourth-order valence-electron chi connectivity index (χ4n) is 2.36. The van der Waals surface area contributed by atoms with Crippen molar-refractivity contribution in [1.29, 1.82) is 0 Å². The molecule has 3 rings (SSSR count). The number of halogens is 1. The zero-order valence-electron chi connectivity index (χ0n) is 11.9. The van der Waals surface area contributed by atoms with Crippen LogP contribution in [0.2, 0.25) is 5.02 Å². The summed E-state index contributed by atoms with van der Waals surface area (Å²) in [4.78, 5) is 8.65. The minimum Gasteiger partial charge on any atom is -0.370 e. The first-order chi connectivity index (χ1) is 10.2. The maximum Gasteiger partial charge on any atom is 0.126 e. The number of fused-ring (bicyclic) bond motifs is 1. The SMILES string of the molecule is Cc1cc(NCCCn2ccnc2)nc2cc(Cl)ccc12. The Balaban J connectivity index is 1.66. The first-order valence-electron chi connectivity index (χ1n) is 6.99. The van der Waals surface area contributed by atoms with Crippen LogP contribution in [0.1, 0.15) is 12.0 Å². The van der Waals surface area contributed by atoms with Crippen LogP contribution in [-0.2, 0) is 6.54 Å². The van der Waals surface area contributed by atoms with E-state index in [4.69, 9.17) is 11.6 Å². The molecule has 108 valence electrons. The molecule has 0 aliphatic rings. The van der Waals surface area contributed by atoms with Crippen LogP contribution >= 0.6 is 11.6 Å². The van der Waals surface area contributed by atoms with Crippen molar-refractivity contribution in [1.82, 2.24) is 14.5 Å². The highest BCUT2D eigenvalue weighted by Crippen LogP contribution is 2.23. The van der Waals surface area contributed by atoms with Crippen molar-refractivity contribution >= 4 is 28.3 Å². The lowest BCUT2D eigenvalue weighted by Crippen LogP contribution is -2.07. The fourth-order valence-corrected chi connectivity index (χ4v) is 2.53. The van der Waals surface area contributed by atoms with E-state index in [1.54, 1.807) is 6.20 Å². The van der Waals surface area contributed by atoms with Gasteiger partial charge in [0.15, 0.2) is 0 Å². The molecule has 0 spiro atoms. The van der Waals surface area contributed by atoms with Gasteiger partial charge < -0.3 is 9.88 Å². The van der Waals surface area contributed by atoms with Gasteiger partial charge in [0.05, 0.1) is 11.8 Å². The second kappa shape index (κ2) is 6.14. The molecule has 1 N–H and O–H groups in total. The summed E-state index contributed by atoms with van der Waals surface area (Å²) in [6, 6.07) is 7.90. The number of rotatable bonds is 5. The van der Waals surface area contributed by atoms with Crippen molar-refractivity contribution < 1.29 is 0 Å². The van der Waals surface area contributed by atoms with E-state index in [0.717, 1.165) is 36.2 Å². The Morgan fingerprint density at radius 2 is 2.19 bits per heavy atom. The van der Waals surface area contributed by atoms with Gasteiger partial charge in [-0.2, -0.15) is 0 Å². The molecule has 0 amide bonds. The number of anilines is 1. The van der Waals surface area contributed by atoms with E-state index in [0.29, 0.717) is 5.02 Å².